The highest BCUT2D eigenvalue weighted by atomic mass is 16.5. The number of carbonyl (C=O) groups excluding carboxylic acids is 1. The molecule has 0 N–H and O–H groups in total. The van der Waals surface area contributed by atoms with Crippen LogP contribution in [-0.4, -0.2) is 32.8 Å². The first kappa shape index (κ1) is 16.0. The summed E-state index contributed by atoms with van der Waals surface area (Å²) in [5, 5.41) is 5.29. The Bertz CT molecular complexity index is 1060. The standard InChI is InChI=1S/C20H16N4O2/c1-26-20(25)17-9-5-8-16-12-23-24(18(16)17)13-14-10-21-19(22-11-14)15-6-3-2-4-7-15/h2-12H,13H2,1H3. The Morgan fingerprint density at radius 3 is 2.50 bits per heavy atom. The number of carbonyl (C=O) groups is 1. The number of ether oxygens (including phenoxy) is 1. The van der Waals surface area contributed by atoms with Gasteiger partial charge in [0.25, 0.3) is 0 Å². The van der Waals surface area contributed by atoms with E-state index < -0.39 is 0 Å². The molecular weight excluding hydrogens is 328 g/mol. The fraction of sp³-hybridized carbons (Fsp3) is 0.100. The Morgan fingerprint density at radius 1 is 1.00 bits per heavy atom. The number of benzene rings is 2. The van der Waals surface area contributed by atoms with Crippen molar-refractivity contribution in [2.45, 2.75) is 6.54 Å². The third-order valence-electron chi connectivity index (χ3n) is 4.14. The molecule has 0 fully saturated rings. The number of rotatable bonds is 4. The first-order valence-corrected chi connectivity index (χ1v) is 8.15. The fourth-order valence-electron chi connectivity index (χ4n) is 2.88. The van der Waals surface area contributed by atoms with E-state index >= 15 is 0 Å². The Balaban J connectivity index is 1.66. The van der Waals surface area contributed by atoms with E-state index in [1.54, 1.807) is 29.3 Å². The predicted octanol–water partition coefficient (Wildman–Crippen LogP) is 3.33. The number of aromatic nitrogens is 4. The van der Waals surface area contributed by atoms with Crippen LogP contribution in [0.4, 0.5) is 0 Å². The molecule has 0 radical (unpaired) electrons. The molecule has 0 spiro atoms. The molecule has 0 saturated carbocycles. The van der Waals surface area contributed by atoms with Crippen molar-refractivity contribution in [2.24, 2.45) is 0 Å². The van der Waals surface area contributed by atoms with Gasteiger partial charge < -0.3 is 4.74 Å². The van der Waals surface area contributed by atoms with Crippen molar-refractivity contribution in [1.29, 1.82) is 0 Å². The van der Waals surface area contributed by atoms with Gasteiger partial charge in [-0.3, -0.25) is 4.68 Å². The topological polar surface area (TPSA) is 69.9 Å². The summed E-state index contributed by atoms with van der Waals surface area (Å²) < 4.78 is 6.65. The summed E-state index contributed by atoms with van der Waals surface area (Å²) in [5.74, 6) is 0.294. The number of para-hydroxylation sites is 1. The SMILES string of the molecule is COC(=O)c1cccc2cnn(Cc3cnc(-c4ccccc4)nc3)c12. The molecule has 0 unspecified atom stereocenters. The summed E-state index contributed by atoms with van der Waals surface area (Å²) in [4.78, 5) is 20.9. The highest BCUT2D eigenvalue weighted by molar-refractivity contribution is 6.02. The van der Waals surface area contributed by atoms with E-state index in [9.17, 15) is 4.79 Å². The summed E-state index contributed by atoms with van der Waals surface area (Å²) in [5.41, 5.74) is 3.10. The molecule has 6 heteroatoms. The molecule has 0 bridgehead atoms. The molecule has 0 aliphatic carbocycles. The number of esters is 1. The highest BCUT2D eigenvalue weighted by Gasteiger charge is 2.15. The maximum Gasteiger partial charge on any atom is 0.340 e. The van der Waals surface area contributed by atoms with Crippen LogP contribution in [0, 0.1) is 0 Å². The largest absolute Gasteiger partial charge is 0.465 e. The molecule has 0 saturated heterocycles. The second kappa shape index (κ2) is 6.76. The summed E-state index contributed by atoms with van der Waals surface area (Å²) >= 11 is 0. The number of hydrogen-bond donors (Lipinski definition) is 0. The van der Waals surface area contributed by atoms with Crippen LogP contribution in [0.1, 0.15) is 15.9 Å². The number of methoxy groups -OCH3 is 1. The molecule has 0 atom stereocenters. The Kier molecular flexibility index (Phi) is 4.15. The van der Waals surface area contributed by atoms with Crippen molar-refractivity contribution in [3.8, 4) is 11.4 Å². The summed E-state index contributed by atoms with van der Waals surface area (Å²) in [6.45, 7) is 0.465. The normalized spacial score (nSPS) is 10.8. The lowest BCUT2D eigenvalue weighted by atomic mass is 10.1. The molecule has 2 aromatic carbocycles. The third-order valence-corrected chi connectivity index (χ3v) is 4.14. The van der Waals surface area contributed by atoms with Crippen LogP contribution in [0.5, 0.6) is 0 Å². The van der Waals surface area contributed by atoms with Crippen molar-refractivity contribution in [2.75, 3.05) is 7.11 Å². The van der Waals surface area contributed by atoms with E-state index in [1.807, 2.05) is 42.5 Å². The zero-order chi connectivity index (χ0) is 17.9. The Labute approximate surface area is 150 Å². The van der Waals surface area contributed by atoms with Gasteiger partial charge in [-0.2, -0.15) is 5.10 Å². The third kappa shape index (κ3) is 2.93. The molecule has 0 aliphatic heterocycles. The van der Waals surface area contributed by atoms with E-state index in [0.29, 0.717) is 17.9 Å². The van der Waals surface area contributed by atoms with Gasteiger partial charge in [0.05, 0.1) is 30.9 Å². The highest BCUT2D eigenvalue weighted by Crippen LogP contribution is 2.21. The van der Waals surface area contributed by atoms with E-state index in [-0.39, 0.29) is 5.97 Å². The molecule has 4 aromatic rings. The lowest BCUT2D eigenvalue weighted by Crippen LogP contribution is -2.08. The van der Waals surface area contributed by atoms with Crippen LogP contribution in [0.3, 0.4) is 0 Å². The number of hydrogen-bond acceptors (Lipinski definition) is 5. The fourth-order valence-corrected chi connectivity index (χ4v) is 2.88. The van der Waals surface area contributed by atoms with Gasteiger partial charge in [0.2, 0.25) is 0 Å². The van der Waals surface area contributed by atoms with Crippen molar-refractivity contribution in [3.05, 3.63) is 78.2 Å². The average molecular weight is 344 g/mol. The first-order chi connectivity index (χ1) is 12.8. The van der Waals surface area contributed by atoms with Gasteiger partial charge in [-0.25, -0.2) is 14.8 Å². The van der Waals surface area contributed by atoms with Crippen LogP contribution >= 0.6 is 0 Å². The van der Waals surface area contributed by atoms with Gasteiger partial charge >= 0.3 is 5.97 Å². The number of nitrogens with zero attached hydrogens (tertiary/aromatic N) is 4. The smallest absolute Gasteiger partial charge is 0.340 e. The Morgan fingerprint density at radius 2 is 1.77 bits per heavy atom. The molecular formula is C20H16N4O2. The van der Waals surface area contributed by atoms with Gasteiger partial charge in [-0.15, -0.1) is 0 Å². The van der Waals surface area contributed by atoms with E-state index in [4.69, 9.17) is 4.74 Å². The van der Waals surface area contributed by atoms with Crippen LogP contribution in [0.15, 0.2) is 67.1 Å². The Hall–Kier alpha value is -3.54. The van der Waals surface area contributed by atoms with Crippen molar-refractivity contribution < 1.29 is 9.53 Å². The maximum absolute atomic E-state index is 12.0. The minimum atomic E-state index is -0.381. The van der Waals surface area contributed by atoms with Crippen molar-refractivity contribution in [1.82, 2.24) is 19.7 Å². The molecule has 128 valence electrons. The van der Waals surface area contributed by atoms with Crippen molar-refractivity contribution in [3.63, 3.8) is 0 Å². The molecule has 0 aliphatic rings. The van der Waals surface area contributed by atoms with Gasteiger partial charge in [-0.1, -0.05) is 42.5 Å². The van der Waals surface area contributed by atoms with Gasteiger partial charge in [0.15, 0.2) is 5.82 Å². The summed E-state index contributed by atoms with van der Waals surface area (Å²) in [6.07, 6.45) is 5.30. The predicted molar refractivity (Wildman–Crippen MR) is 97.6 cm³/mol. The number of fused-ring (bicyclic) bond motifs is 1. The second-order valence-corrected chi connectivity index (χ2v) is 5.82. The molecule has 4 rings (SSSR count). The van der Waals surface area contributed by atoms with Crippen LogP contribution < -0.4 is 0 Å². The van der Waals surface area contributed by atoms with E-state index in [0.717, 1.165) is 22.0 Å². The lowest BCUT2D eigenvalue weighted by molar-refractivity contribution is 0.0602. The summed E-state index contributed by atoms with van der Waals surface area (Å²) in [7, 11) is 1.37. The average Bonchev–Trinajstić information content (AvgIpc) is 3.11. The van der Waals surface area contributed by atoms with Gasteiger partial charge in [0, 0.05) is 28.9 Å². The lowest BCUT2D eigenvalue weighted by Gasteiger charge is -2.07. The van der Waals surface area contributed by atoms with E-state index in [1.165, 1.54) is 7.11 Å². The molecule has 2 heterocycles. The van der Waals surface area contributed by atoms with Crippen LogP contribution in [-0.2, 0) is 11.3 Å². The molecule has 6 nitrogen and oxygen atoms in total. The van der Waals surface area contributed by atoms with Crippen LogP contribution in [0.25, 0.3) is 22.3 Å². The van der Waals surface area contributed by atoms with E-state index in [2.05, 4.69) is 15.1 Å². The summed E-state index contributed by atoms with van der Waals surface area (Å²) in [6, 6.07) is 15.3. The zero-order valence-electron chi connectivity index (χ0n) is 14.2. The molecule has 0 amide bonds. The van der Waals surface area contributed by atoms with Crippen molar-refractivity contribution >= 4 is 16.9 Å². The van der Waals surface area contributed by atoms with Gasteiger partial charge in [-0.05, 0) is 6.07 Å². The monoisotopic (exact) mass is 344 g/mol. The minimum Gasteiger partial charge on any atom is -0.465 e. The molecule has 2 aromatic heterocycles. The van der Waals surface area contributed by atoms with Crippen LogP contribution in [0.2, 0.25) is 0 Å². The minimum absolute atomic E-state index is 0.381. The zero-order valence-corrected chi connectivity index (χ0v) is 14.2. The molecule has 26 heavy (non-hydrogen) atoms. The maximum atomic E-state index is 12.0. The first-order valence-electron chi connectivity index (χ1n) is 8.15. The quantitative estimate of drug-likeness (QED) is 0.531. The van der Waals surface area contributed by atoms with Gasteiger partial charge in [0.1, 0.15) is 0 Å². The second-order valence-electron chi connectivity index (χ2n) is 5.82.